The third kappa shape index (κ3) is 4.69. The maximum atomic E-state index is 14.2. The molecule has 162 valence electrons. The van der Waals surface area contributed by atoms with Gasteiger partial charge >= 0.3 is 0 Å². The minimum absolute atomic E-state index is 0.0924. The average molecular weight is 436 g/mol. The molecule has 0 saturated carbocycles. The van der Waals surface area contributed by atoms with Gasteiger partial charge in [0.1, 0.15) is 17.5 Å². The van der Waals surface area contributed by atoms with Crippen molar-refractivity contribution in [1.82, 2.24) is 14.6 Å². The number of nitrogens with one attached hydrogen (secondary N) is 3. The zero-order valence-electron chi connectivity index (χ0n) is 16.9. The maximum Gasteiger partial charge on any atom is 0.276 e. The topological polar surface area (TPSA) is 100 Å². The molecule has 0 aliphatic carbocycles. The van der Waals surface area contributed by atoms with Gasteiger partial charge in [-0.15, -0.1) is 5.10 Å². The fraction of sp³-hybridized carbons (Fsp3) is 0.0909. The lowest BCUT2D eigenvalue weighted by Gasteiger charge is -2.10. The Morgan fingerprint density at radius 1 is 1.00 bits per heavy atom. The molecule has 2 aromatic carbocycles. The van der Waals surface area contributed by atoms with Crippen LogP contribution in [0.4, 0.5) is 26.0 Å². The minimum atomic E-state index is -0.657. The van der Waals surface area contributed by atoms with Crippen molar-refractivity contribution >= 4 is 34.7 Å². The van der Waals surface area contributed by atoms with E-state index in [2.05, 4.69) is 26.0 Å². The maximum absolute atomic E-state index is 14.2. The molecule has 3 N–H and O–H groups in total. The van der Waals surface area contributed by atoms with Crippen molar-refractivity contribution in [1.29, 1.82) is 0 Å². The lowest BCUT2D eigenvalue weighted by molar-refractivity contribution is -0.114. The molecule has 0 spiro atoms. The number of amides is 2. The highest BCUT2D eigenvalue weighted by Crippen LogP contribution is 2.21. The summed E-state index contributed by atoms with van der Waals surface area (Å²) in [6.07, 6.45) is 1.33. The van der Waals surface area contributed by atoms with Gasteiger partial charge in [-0.25, -0.2) is 18.3 Å². The Balaban J connectivity index is 1.54. The van der Waals surface area contributed by atoms with Crippen LogP contribution >= 0.6 is 0 Å². The van der Waals surface area contributed by atoms with Crippen molar-refractivity contribution in [2.45, 2.75) is 13.5 Å². The highest BCUT2D eigenvalue weighted by Gasteiger charge is 2.16. The summed E-state index contributed by atoms with van der Waals surface area (Å²) in [4.78, 5) is 28.1. The summed E-state index contributed by atoms with van der Waals surface area (Å²) in [5.74, 6) is -1.45. The van der Waals surface area contributed by atoms with Crippen molar-refractivity contribution in [2.75, 3.05) is 16.0 Å². The first-order valence-electron chi connectivity index (χ1n) is 9.60. The molecule has 0 radical (unpaired) electrons. The Kier molecular flexibility index (Phi) is 5.75. The average Bonchev–Trinajstić information content (AvgIpc) is 3.19. The third-order valence-corrected chi connectivity index (χ3v) is 4.52. The van der Waals surface area contributed by atoms with Crippen LogP contribution in [0.25, 0.3) is 5.65 Å². The Morgan fingerprint density at radius 3 is 2.53 bits per heavy atom. The molecule has 0 fully saturated rings. The number of halogens is 2. The number of benzene rings is 2. The fourth-order valence-electron chi connectivity index (χ4n) is 3.01. The number of imidazole rings is 1. The van der Waals surface area contributed by atoms with Gasteiger partial charge in [-0.1, -0.05) is 12.1 Å². The molecule has 4 aromatic rings. The summed E-state index contributed by atoms with van der Waals surface area (Å²) in [5, 5.41) is 12.5. The first-order valence-corrected chi connectivity index (χ1v) is 9.60. The third-order valence-electron chi connectivity index (χ3n) is 4.52. The second-order valence-corrected chi connectivity index (χ2v) is 6.94. The predicted octanol–water partition coefficient (Wildman–Crippen LogP) is 3.83. The monoisotopic (exact) mass is 436 g/mol. The standard InChI is InChI=1S/C22H18F2N6O2/c1-13(31)27-16-6-7-17(24)18(10-16)28-22(32)19-12-26-21-9-8-20(29-30(19)21)25-11-14-2-4-15(23)5-3-14/h2-10,12H,11H2,1H3,(H,25,29)(H,27,31)(H,28,32). The smallest absolute Gasteiger partial charge is 0.276 e. The van der Waals surface area contributed by atoms with Crippen LogP contribution in [0.5, 0.6) is 0 Å². The van der Waals surface area contributed by atoms with E-state index in [1.807, 2.05) is 0 Å². The number of nitrogens with zero attached hydrogens (tertiary/aromatic N) is 3. The lowest BCUT2D eigenvalue weighted by atomic mass is 10.2. The molecule has 32 heavy (non-hydrogen) atoms. The molecule has 2 heterocycles. The van der Waals surface area contributed by atoms with E-state index in [4.69, 9.17) is 0 Å². The Hall–Kier alpha value is -4.34. The Morgan fingerprint density at radius 2 is 1.78 bits per heavy atom. The number of carbonyl (C=O) groups excluding carboxylic acids is 2. The second kappa shape index (κ2) is 8.80. The first kappa shape index (κ1) is 20.9. The summed E-state index contributed by atoms with van der Waals surface area (Å²) >= 11 is 0. The number of hydrogen-bond acceptors (Lipinski definition) is 5. The van der Waals surface area contributed by atoms with Crippen LogP contribution in [0.15, 0.2) is 60.8 Å². The summed E-state index contributed by atoms with van der Waals surface area (Å²) in [5.41, 5.74) is 1.62. The molecule has 10 heteroatoms. The number of carbonyl (C=O) groups is 2. The van der Waals surface area contributed by atoms with Gasteiger partial charge in [-0.3, -0.25) is 9.59 Å². The number of aromatic nitrogens is 3. The van der Waals surface area contributed by atoms with Gasteiger partial charge in [-0.2, -0.15) is 0 Å². The van der Waals surface area contributed by atoms with Crippen LogP contribution in [0.1, 0.15) is 23.0 Å². The molecule has 0 aliphatic rings. The Labute approximate surface area is 181 Å². The van der Waals surface area contributed by atoms with Crippen LogP contribution in [-0.4, -0.2) is 26.4 Å². The molecule has 2 aromatic heterocycles. The van der Waals surface area contributed by atoms with E-state index in [1.165, 1.54) is 41.9 Å². The van der Waals surface area contributed by atoms with E-state index in [9.17, 15) is 18.4 Å². The molecular formula is C22H18F2N6O2. The zero-order chi connectivity index (χ0) is 22.7. The molecule has 0 saturated heterocycles. The van der Waals surface area contributed by atoms with Gasteiger partial charge in [-0.05, 0) is 48.0 Å². The highest BCUT2D eigenvalue weighted by molar-refractivity contribution is 6.04. The van der Waals surface area contributed by atoms with E-state index >= 15 is 0 Å². The van der Waals surface area contributed by atoms with E-state index in [0.717, 1.165) is 11.6 Å². The van der Waals surface area contributed by atoms with Crippen molar-refractivity contribution in [2.24, 2.45) is 0 Å². The van der Waals surface area contributed by atoms with E-state index in [1.54, 1.807) is 24.3 Å². The fourth-order valence-corrected chi connectivity index (χ4v) is 3.01. The van der Waals surface area contributed by atoms with Crippen LogP contribution in [-0.2, 0) is 11.3 Å². The SMILES string of the molecule is CC(=O)Nc1ccc(F)c(NC(=O)c2cnc3ccc(NCc4ccc(F)cc4)nn23)c1. The zero-order valence-corrected chi connectivity index (χ0v) is 16.9. The van der Waals surface area contributed by atoms with Crippen LogP contribution in [0.2, 0.25) is 0 Å². The number of hydrogen-bond donors (Lipinski definition) is 3. The van der Waals surface area contributed by atoms with E-state index in [-0.39, 0.29) is 23.1 Å². The lowest BCUT2D eigenvalue weighted by Crippen LogP contribution is -2.17. The van der Waals surface area contributed by atoms with Crippen molar-refractivity contribution in [3.63, 3.8) is 0 Å². The van der Waals surface area contributed by atoms with Crippen molar-refractivity contribution in [3.8, 4) is 0 Å². The van der Waals surface area contributed by atoms with Crippen LogP contribution < -0.4 is 16.0 Å². The predicted molar refractivity (Wildman–Crippen MR) is 115 cm³/mol. The molecule has 0 bridgehead atoms. The highest BCUT2D eigenvalue weighted by atomic mass is 19.1. The molecule has 0 unspecified atom stereocenters. The van der Waals surface area contributed by atoms with Crippen molar-refractivity contribution < 1.29 is 18.4 Å². The van der Waals surface area contributed by atoms with E-state index in [0.29, 0.717) is 23.7 Å². The number of rotatable bonds is 6. The van der Waals surface area contributed by atoms with Crippen LogP contribution in [0, 0.1) is 11.6 Å². The molecule has 8 nitrogen and oxygen atoms in total. The van der Waals surface area contributed by atoms with Gasteiger partial charge in [0.2, 0.25) is 5.91 Å². The van der Waals surface area contributed by atoms with Crippen molar-refractivity contribution in [3.05, 3.63) is 83.7 Å². The minimum Gasteiger partial charge on any atom is -0.365 e. The summed E-state index contributed by atoms with van der Waals surface area (Å²) in [6.45, 7) is 1.73. The summed E-state index contributed by atoms with van der Waals surface area (Å²) in [7, 11) is 0. The van der Waals surface area contributed by atoms with Gasteiger partial charge in [0.05, 0.1) is 11.9 Å². The summed E-state index contributed by atoms with van der Waals surface area (Å²) in [6, 6.07) is 13.3. The summed E-state index contributed by atoms with van der Waals surface area (Å²) < 4.78 is 28.6. The molecule has 0 atom stereocenters. The van der Waals surface area contributed by atoms with Gasteiger partial charge < -0.3 is 16.0 Å². The molecule has 4 rings (SSSR count). The molecule has 2 amide bonds. The molecule has 0 aliphatic heterocycles. The van der Waals surface area contributed by atoms with Gasteiger partial charge in [0.25, 0.3) is 5.91 Å². The number of fused-ring (bicyclic) bond motifs is 1. The largest absolute Gasteiger partial charge is 0.365 e. The van der Waals surface area contributed by atoms with Gasteiger partial charge in [0, 0.05) is 19.2 Å². The Bertz CT molecular complexity index is 1300. The van der Waals surface area contributed by atoms with Gasteiger partial charge in [0.15, 0.2) is 11.3 Å². The normalized spacial score (nSPS) is 10.7. The number of anilines is 3. The molecular weight excluding hydrogens is 418 g/mol. The first-order chi connectivity index (χ1) is 15.4. The second-order valence-electron chi connectivity index (χ2n) is 6.94. The van der Waals surface area contributed by atoms with Crippen LogP contribution in [0.3, 0.4) is 0 Å². The quantitative estimate of drug-likeness (QED) is 0.427. The van der Waals surface area contributed by atoms with E-state index < -0.39 is 11.7 Å².